The highest BCUT2D eigenvalue weighted by Gasteiger charge is 2.28. The Kier molecular flexibility index (Phi) is 6.11. The van der Waals surface area contributed by atoms with Gasteiger partial charge in [-0.25, -0.2) is 0 Å². The molecule has 2 atom stereocenters. The average molecular weight is 427 g/mol. The van der Waals surface area contributed by atoms with Crippen LogP contribution in [0, 0.1) is 0 Å². The van der Waals surface area contributed by atoms with Gasteiger partial charge in [-0.2, -0.15) is 0 Å². The zero-order chi connectivity index (χ0) is 19.4. The molecular formula is C22H23BrN2O2. The summed E-state index contributed by atoms with van der Waals surface area (Å²) >= 11 is 3.44. The molecule has 0 unspecified atom stereocenters. The fourth-order valence-corrected chi connectivity index (χ4v) is 3.72. The van der Waals surface area contributed by atoms with Crippen LogP contribution in [0.2, 0.25) is 0 Å². The van der Waals surface area contributed by atoms with E-state index in [-0.39, 0.29) is 30.3 Å². The number of fused-ring (bicyclic) bond motifs is 1. The maximum atomic E-state index is 12.8. The van der Waals surface area contributed by atoms with E-state index in [9.17, 15) is 9.59 Å². The molecule has 2 aromatic carbocycles. The van der Waals surface area contributed by atoms with Crippen molar-refractivity contribution < 1.29 is 9.59 Å². The van der Waals surface area contributed by atoms with Crippen LogP contribution in [0.3, 0.4) is 0 Å². The Morgan fingerprint density at radius 1 is 1.15 bits per heavy atom. The molecule has 0 radical (unpaired) electrons. The number of carbonyl (C=O) groups is 2. The third kappa shape index (κ3) is 4.48. The van der Waals surface area contributed by atoms with Crippen molar-refractivity contribution in [1.29, 1.82) is 0 Å². The number of hydrogen-bond acceptors (Lipinski definition) is 2. The molecular weight excluding hydrogens is 404 g/mol. The summed E-state index contributed by atoms with van der Waals surface area (Å²) in [7, 11) is 0. The lowest BCUT2D eigenvalue weighted by atomic mass is 9.93. The lowest BCUT2D eigenvalue weighted by molar-refractivity contribution is -0.130. The van der Waals surface area contributed by atoms with Gasteiger partial charge in [0.1, 0.15) is 0 Å². The number of amides is 2. The second-order valence-corrected chi connectivity index (χ2v) is 7.59. The van der Waals surface area contributed by atoms with E-state index >= 15 is 0 Å². The van der Waals surface area contributed by atoms with Crippen molar-refractivity contribution in [2.75, 3.05) is 0 Å². The van der Waals surface area contributed by atoms with Gasteiger partial charge in [-0.15, -0.1) is 0 Å². The standard InChI is InChI=1S/C22H23BrN2O2/c1-3-20(17-8-10-18(23)11-9-17)24-22(27)14-21-19-7-5-4-6-16(19)12-13-25(21)15(2)26/h4-13,20-21H,3,14H2,1-2H3,(H,24,27)/t20-,21-/m1/s1. The van der Waals surface area contributed by atoms with Gasteiger partial charge in [-0.05, 0) is 41.3 Å². The zero-order valence-corrected chi connectivity index (χ0v) is 17.1. The molecule has 2 aromatic rings. The van der Waals surface area contributed by atoms with Crippen molar-refractivity contribution in [1.82, 2.24) is 10.2 Å². The molecule has 0 spiro atoms. The van der Waals surface area contributed by atoms with Crippen LogP contribution in [-0.2, 0) is 9.59 Å². The molecule has 0 fully saturated rings. The van der Waals surface area contributed by atoms with Gasteiger partial charge in [0, 0.05) is 17.6 Å². The summed E-state index contributed by atoms with van der Waals surface area (Å²) in [5.74, 6) is -0.135. The first-order valence-corrected chi connectivity index (χ1v) is 9.89. The van der Waals surface area contributed by atoms with E-state index in [1.807, 2.05) is 61.5 Å². The number of nitrogens with one attached hydrogen (secondary N) is 1. The maximum Gasteiger partial charge on any atom is 0.223 e. The minimum absolute atomic E-state index is 0.0502. The number of nitrogens with zero attached hydrogens (tertiary/aromatic N) is 1. The van der Waals surface area contributed by atoms with Crippen molar-refractivity contribution in [2.45, 2.75) is 38.8 Å². The molecule has 1 heterocycles. The molecule has 1 aliphatic rings. The topological polar surface area (TPSA) is 49.4 Å². The lowest BCUT2D eigenvalue weighted by Crippen LogP contribution is -2.36. The summed E-state index contributed by atoms with van der Waals surface area (Å²) in [6.07, 6.45) is 4.72. The van der Waals surface area contributed by atoms with E-state index in [4.69, 9.17) is 0 Å². The number of rotatable bonds is 5. The van der Waals surface area contributed by atoms with Crippen LogP contribution in [0.15, 0.2) is 59.2 Å². The Bertz CT molecular complexity index is 861. The van der Waals surface area contributed by atoms with Crippen molar-refractivity contribution in [3.63, 3.8) is 0 Å². The molecule has 3 rings (SSSR count). The zero-order valence-electron chi connectivity index (χ0n) is 15.5. The summed E-state index contributed by atoms with van der Waals surface area (Å²) < 4.78 is 1.01. The Hall–Kier alpha value is -2.40. The third-order valence-electron chi connectivity index (χ3n) is 4.86. The molecule has 2 amide bonds. The van der Waals surface area contributed by atoms with Crippen LogP contribution < -0.4 is 5.32 Å². The second kappa shape index (κ2) is 8.53. The van der Waals surface area contributed by atoms with Gasteiger partial charge in [-0.3, -0.25) is 9.59 Å². The third-order valence-corrected chi connectivity index (χ3v) is 5.39. The van der Waals surface area contributed by atoms with E-state index < -0.39 is 0 Å². The predicted molar refractivity (Wildman–Crippen MR) is 111 cm³/mol. The average Bonchev–Trinajstić information content (AvgIpc) is 2.67. The molecule has 1 aliphatic heterocycles. The molecule has 27 heavy (non-hydrogen) atoms. The molecule has 1 N–H and O–H groups in total. The number of benzene rings is 2. The fraction of sp³-hybridized carbons (Fsp3) is 0.273. The minimum atomic E-state index is -0.286. The molecule has 4 nitrogen and oxygen atoms in total. The molecule has 0 aliphatic carbocycles. The lowest BCUT2D eigenvalue weighted by Gasteiger charge is -2.32. The van der Waals surface area contributed by atoms with Crippen LogP contribution in [-0.4, -0.2) is 16.7 Å². The summed E-state index contributed by atoms with van der Waals surface area (Å²) in [4.78, 5) is 26.5. The Morgan fingerprint density at radius 2 is 1.85 bits per heavy atom. The quantitative estimate of drug-likeness (QED) is 0.732. The SMILES string of the molecule is CC[C@@H](NC(=O)C[C@@H]1c2ccccc2C=CN1C(C)=O)c1ccc(Br)cc1. The first-order valence-electron chi connectivity index (χ1n) is 9.10. The van der Waals surface area contributed by atoms with Crippen LogP contribution >= 0.6 is 15.9 Å². The monoisotopic (exact) mass is 426 g/mol. The van der Waals surface area contributed by atoms with Gasteiger partial charge in [-0.1, -0.05) is 59.3 Å². The highest BCUT2D eigenvalue weighted by molar-refractivity contribution is 9.10. The predicted octanol–water partition coefficient (Wildman–Crippen LogP) is 4.98. The smallest absolute Gasteiger partial charge is 0.223 e. The first-order chi connectivity index (χ1) is 13.0. The van der Waals surface area contributed by atoms with Crippen molar-refractivity contribution in [2.24, 2.45) is 0 Å². The van der Waals surface area contributed by atoms with Crippen molar-refractivity contribution in [3.8, 4) is 0 Å². The van der Waals surface area contributed by atoms with Gasteiger partial charge in [0.2, 0.25) is 11.8 Å². The highest BCUT2D eigenvalue weighted by Crippen LogP contribution is 2.33. The Labute approximate surface area is 168 Å². The second-order valence-electron chi connectivity index (χ2n) is 6.67. The normalized spacial score (nSPS) is 16.6. The first kappa shape index (κ1) is 19.4. The van der Waals surface area contributed by atoms with E-state index in [0.717, 1.165) is 27.6 Å². The summed E-state index contributed by atoms with van der Waals surface area (Å²) in [5, 5.41) is 3.12. The van der Waals surface area contributed by atoms with Gasteiger partial charge >= 0.3 is 0 Å². The van der Waals surface area contributed by atoms with Crippen LogP contribution in [0.1, 0.15) is 55.5 Å². The van der Waals surface area contributed by atoms with Crippen LogP contribution in [0.25, 0.3) is 6.08 Å². The van der Waals surface area contributed by atoms with Crippen LogP contribution in [0.5, 0.6) is 0 Å². The van der Waals surface area contributed by atoms with E-state index in [1.165, 1.54) is 6.92 Å². The Balaban J connectivity index is 1.77. The van der Waals surface area contributed by atoms with Crippen molar-refractivity contribution in [3.05, 3.63) is 75.9 Å². The highest BCUT2D eigenvalue weighted by atomic mass is 79.9. The number of halogens is 1. The van der Waals surface area contributed by atoms with E-state index in [1.54, 1.807) is 11.1 Å². The summed E-state index contributed by atoms with van der Waals surface area (Å²) in [6.45, 7) is 3.58. The fourth-order valence-electron chi connectivity index (χ4n) is 3.46. The molecule has 0 saturated heterocycles. The van der Waals surface area contributed by atoms with Crippen LogP contribution in [0.4, 0.5) is 0 Å². The number of hydrogen-bond donors (Lipinski definition) is 1. The molecule has 0 saturated carbocycles. The minimum Gasteiger partial charge on any atom is -0.349 e. The molecule has 5 heteroatoms. The van der Waals surface area contributed by atoms with Gasteiger partial charge < -0.3 is 10.2 Å². The van der Waals surface area contributed by atoms with Gasteiger partial charge in [0.25, 0.3) is 0 Å². The molecule has 0 bridgehead atoms. The maximum absolute atomic E-state index is 12.8. The number of carbonyl (C=O) groups excluding carboxylic acids is 2. The largest absolute Gasteiger partial charge is 0.349 e. The summed E-state index contributed by atoms with van der Waals surface area (Å²) in [5.41, 5.74) is 3.12. The van der Waals surface area contributed by atoms with Gasteiger partial charge in [0.05, 0.1) is 18.5 Å². The molecule has 140 valence electrons. The Morgan fingerprint density at radius 3 is 2.52 bits per heavy atom. The summed E-state index contributed by atoms with van der Waals surface area (Å²) in [6, 6.07) is 15.5. The molecule has 0 aromatic heterocycles. The van der Waals surface area contributed by atoms with Crippen molar-refractivity contribution >= 4 is 33.8 Å². The van der Waals surface area contributed by atoms with E-state index in [0.29, 0.717) is 0 Å². The van der Waals surface area contributed by atoms with Gasteiger partial charge in [0.15, 0.2) is 0 Å². The van der Waals surface area contributed by atoms with E-state index in [2.05, 4.69) is 21.2 Å².